The van der Waals surface area contributed by atoms with Crippen molar-refractivity contribution < 1.29 is 17.9 Å². The van der Waals surface area contributed by atoms with E-state index < -0.39 is 11.7 Å². The molecule has 2 unspecified atom stereocenters. The summed E-state index contributed by atoms with van der Waals surface area (Å²) >= 11 is 0. The molecule has 4 atom stereocenters. The number of morpholine rings is 1. The lowest BCUT2D eigenvalue weighted by Crippen LogP contribution is -2.45. The van der Waals surface area contributed by atoms with E-state index in [2.05, 4.69) is 66.1 Å². The van der Waals surface area contributed by atoms with Gasteiger partial charge in [-0.2, -0.15) is 13.2 Å². The van der Waals surface area contributed by atoms with Gasteiger partial charge < -0.3 is 10.1 Å². The third kappa shape index (κ3) is 6.59. The molecule has 1 aliphatic heterocycles. The van der Waals surface area contributed by atoms with Crippen LogP contribution in [0.25, 0.3) is 22.4 Å². The average Bonchev–Trinajstić information content (AvgIpc) is 2.86. The minimum absolute atomic E-state index is 0.0706. The summed E-state index contributed by atoms with van der Waals surface area (Å²) in [4.78, 5) is 20.4. The number of anilines is 1. The maximum atomic E-state index is 13.8. The van der Waals surface area contributed by atoms with E-state index in [4.69, 9.17) is 14.7 Å². The molecule has 0 radical (unpaired) electrons. The van der Waals surface area contributed by atoms with Crippen molar-refractivity contribution in [3.05, 3.63) is 65.8 Å². The van der Waals surface area contributed by atoms with E-state index in [0.29, 0.717) is 41.1 Å². The maximum Gasteiger partial charge on any atom is 0.418 e. The highest BCUT2D eigenvalue weighted by molar-refractivity contribution is 5.89. The first kappa shape index (κ1) is 29.1. The molecule has 7 nitrogen and oxygen atoms in total. The predicted octanol–water partition coefficient (Wildman–Crippen LogP) is 6.88. The van der Waals surface area contributed by atoms with E-state index in [1.807, 2.05) is 13.8 Å². The summed E-state index contributed by atoms with van der Waals surface area (Å²) in [5, 5.41) is 4.08. The fourth-order valence-corrected chi connectivity index (χ4v) is 5.93. The Balaban J connectivity index is 1.55. The van der Waals surface area contributed by atoms with Gasteiger partial charge in [-0.3, -0.25) is 9.88 Å². The predicted molar refractivity (Wildman–Crippen MR) is 154 cm³/mol. The van der Waals surface area contributed by atoms with Gasteiger partial charge in [0.05, 0.1) is 35.4 Å². The zero-order valence-corrected chi connectivity index (χ0v) is 24.3. The van der Waals surface area contributed by atoms with Crippen LogP contribution in [0.4, 0.5) is 19.0 Å². The lowest BCUT2D eigenvalue weighted by atomic mass is 9.72. The fraction of sp³-hybridized carbons (Fsp3) is 0.484. The SMILES string of the molecule is CC1C=C(Nc2nc(CN3C[C@@H](C)O[C@@H](C)C3)nc3nc(-c4ncccc4C(F)(F)F)ccc23)C=CC1C(C)(C)C. The van der Waals surface area contributed by atoms with Crippen molar-refractivity contribution in [1.29, 1.82) is 0 Å². The fourth-order valence-electron chi connectivity index (χ4n) is 5.93. The van der Waals surface area contributed by atoms with Crippen LogP contribution in [0.15, 0.2) is 54.4 Å². The Hall–Kier alpha value is -3.37. The lowest BCUT2D eigenvalue weighted by molar-refractivity contribution is -0.137. The minimum Gasteiger partial charge on any atom is -0.373 e. The van der Waals surface area contributed by atoms with Gasteiger partial charge in [-0.15, -0.1) is 0 Å². The van der Waals surface area contributed by atoms with Gasteiger partial charge in [-0.1, -0.05) is 39.8 Å². The number of hydrogen-bond acceptors (Lipinski definition) is 7. The Morgan fingerprint density at radius 1 is 1.00 bits per heavy atom. The van der Waals surface area contributed by atoms with Gasteiger partial charge in [0.1, 0.15) is 17.3 Å². The highest BCUT2D eigenvalue weighted by Crippen LogP contribution is 2.38. The second-order valence-corrected chi connectivity index (χ2v) is 12.3. The van der Waals surface area contributed by atoms with Crippen LogP contribution >= 0.6 is 0 Å². The van der Waals surface area contributed by atoms with Crippen LogP contribution in [0.1, 0.15) is 52.9 Å². The van der Waals surface area contributed by atoms with Crippen molar-refractivity contribution in [2.75, 3.05) is 18.4 Å². The van der Waals surface area contributed by atoms with Crippen molar-refractivity contribution in [1.82, 2.24) is 24.8 Å². The monoisotopic (exact) mass is 566 g/mol. The van der Waals surface area contributed by atoms with Crippen LogP contribution in [0.3, 0.4) is 0 Å². The second-order valence-electron chi connectivity index (χ2n) is 12.3. The quantitative estimate of drug-likeness (QED) is 0.361. The van der Waals surface area contributed by atoms with Crippen molar-refractivity contribution in [3.63, 3.8) is 0 Å². The van der Waals surface area contributed by atoms with Crippen LogP contribution in [-0.2, 0) is 17.5 Å². The molecule has 1 saturated heterocycles. The Morgan fingerprint density at radius 2 is 1.73 bits per heavy atom. The van der Waals surface area contributed by atoms with E-state index in [1.54, 1.807) is 12.1 Å². The molecule has 3 aromatic rings. The van der Waals surface area contributed by atoms with Gasteiger partial charge >= 0.3 is 6.18 Å². The first-order valence-electron chi connectivity index (χ1n) is 14.0. The molecule has 0 spiro atoms. The molecular weight excluding hydrogens is 529 g/mol. The molecule has 10 heteroatoms. The highest BCUT2D eigenvalue weighted by Gasteiger charge is 2.35. The van der Waals surface area contributed by atoms with E-state index in [-0.39, 0.29) is 29.0 Å². The summed E-state index contributed by atoms with van der Waals surface area (Å²) in [6.07, 6.45) is 3.41. The number of nitrogens with zero attached hydrogens (tertiary/aromatic N) is 5. The van der Waals surface area contributed by atoms with Gasteiger partial charge in [-0.25, -0.2) is 15.0 Å². The zero-order chi connectivity index (χ0) is 29.5. The molecular formula is C31H37F3N6O. The molecule has 5 rings (SSSR count). The number of aromatic nitrogens is 4. The lowest BCUT2D eigenvalue weighted by Gasteiger charge is -2.35. The third-order valence-corrected chi connectivity index (χ3v) is 7.58. The van der Waals surface area contributed by atoms with Gasteiger partial charge in [-0.05, 0) is 61.4 Å². The number of allylic oxidation sites excluding steroid dienone is 3. The van der Waals surface area contributed by atoms with Crippen molar-refractivity contribution in [3.8, 4) is 11.4 Å². The normalized spacial score (nSPS) is 24.0. The molecule has 0 amide bonds. The topological polar surface area (TPSA) is 76.1 Å². The Labute approximate surface area is 239 Å². The number of pyridine rings is 2. The molecule has 1 aliphatic carbocycles. The summed E-state index contributed by atoms with van der Waals surface area (Å²) in [6.45, 7) is 14.9. The summed E-state index contributed by atoms with van der Waals surface area (Å²) < 4.78 is 47.2. The second kappa shape index (κ2) is 11.1. The summed E-state index contributed by atoms with van der Waals surface area (Å²) in [5.41, 5.74) is 0.381. The molecule has 0 saturated carbocycles. The molecule has 1 fully saturated rings. The molecule has 41 heavy (non-hydrogen) atoms. The third-order valence-electron chi connectivity index (χ3n) is 7.58. The smallest absolute Gasteiger partial charge is 0.373 e. The first-order chi connectivity index (χ1) is 19.3. The molecule has 3 aromatic heterocycles. The number of rotatable bonds is 5. The van der Waals surface area contributed by atoms with Gasteiger partial charge in [0.2, 0.25) is 0 Å². The number of fused-ring (bicyclic) bond motifs is 1. The number of hydrogen-bond donors (Lipinski definition) is 1. The van der Waals surface area contributed by atoms with Crippen LogP contribution in [0.5, 0.6) is 0 Å². The summed E-state index contributed by atoms with van der Waals surface area (Å²) in [5.74, 6) is 1.79. The Bertz CT molecular complexity index is 1470. The molecule has 218 valence electrons. The van der Waals surface area contributed by atoms with E-state index in [1.165, 1.54) is 12.3 Å². The molecule has 0 aromatic carbocycles. The van der Waals surface area contributed by atoms with Crippen molar-refractivity contribution in [2.24, 2.45) is 17.3 Å². The van der Waals surface area contributed by atoms with E-state index >= 15 is 0 Å². The molecule has 1 N–H and O–H groups in total. The van der Waals surface area contributed by atoms with Gasteiger partial charge in [0, 0.05) is 25.0 Å². The number of halogens is 3. The molecule has 4 heterocycles. The van der Waals surface area contributed by atoms with E-state index in [9.17, 15) is 13.2 Å². The molecule has 2 aliphatic rings. The number of ether oxygens (including phenoxy) is 1. The van der Waals surface area contributed by atoms with E-state index in [0.717, 1.165) is 24.9 Å². The standard InChI is InChI=1S/C31H37F3N6O/c1-18-14-21(9-11-23(18)30(4,5)6)36-28-22-10-12-25(27-24(31(32,33)34)8-7-13-35-27)37-29(22)39-26(38-28)17-40-15-19(2)41-20(3)16-40/h7-14,18-20,23H,15-17H2,1-6H3,(H,36,37,38,39)/t18?,19-,20+,23?. The zero-order valence-electron chi connectivity index (χ0n) is 24.3. The minimum atomic E-state index is -4.56. The van der Waals surface area contributed by atoms with Gasteiger partial charge in [0.15, 0.2) is 5.65 Å². The largest absolute Gasteiger partial charge is 0.418 e. The number of nitrogens with one attached hydrogen (secondary N) is 1. The number of alkyl halides is 3. The van der Waals surface area contributed by atoms with Crippen molar-refractivity contribution in [2.45, 2.75) is 66.5 Å². The van der Waals surface area contributed by atoms with Gasteiger partial charge in [0.25, 0.3) is 0 Å². The first-order valence-corrected chi connectivity index (χ1v) is 14.0. The summed E-state index contributed by atoms with van der Waals surface area (Å²) in [6, 6.07) is 5.55. The Kier molecular flexibility index (Phi) is 7.91. The highest BCUT2D eigenvalue weighted by atomic mass is 19.4. The van der Waals surface area contributed by atoms with Crippen molar-refractivity contribution >= 4 is 16.9 Å². The van der Waals surface area contributed by atoms with Crippen LogP contribution in [0, 0.1) is 17.3 Å². The summed E-state index contributed by atoms with van der Waals surface area (Å²) in [7, 11) is 0. The molecule has 0 bridgehead atoms. The maximum absolute atomic E-state index is 13.8. The average molecular weight is 567 g/mol. The van der Waals surface area contributed by atoms with Crippen LogP contribution in [-0.4, -0.2) is 50.1 Å². The van der Waals surface area contributed by atoms with Crippen LogP contribution in [0.2, 0.25) is 0 Å². The Morgan fingerprint density at radius 3 is 2.39 bits per heavy atom. The van der Waals surface area contributed by atoms with Crippen LogP contribution < -0.4 is 5.32 Å².